The van der Waals surface area contributed by atoms with Crippen LogP contribution in [0.1, 0.15) is 25.8 Å². The Hall–Kier alpha value is -2.04. The third kappa shape index (κ3) is 3.85. The number of rotatable bonds is 5. The first-order chi connectivity index (χ1) is 14.4. The lowest BCUT2D eigenvalue weighted by Crippen LogP contribution is -2.52. The van der Waals surface area contributed by atoms with E-state index in [1.165, 1.54) is 10.8 Å². The number of thiophene rings is 1. The van der Waals surface area contributed by atoms with Gasteiger partial charge in [-0.1, -0.05) is 26.0 Å². The van der Waals surface area contributed by atoms with Gasteiger partial charge in [0.15, 0.2) is 17.1 Å². The van der Waals surface area contributed by atoms with Gasteiger partial charge in [-0.25, -0.2) is 0 Å². The molecule has 5 nitrogen and oxygen atoms in total. The molecule has 0 spiro atoms. The van der Waals surface area contributed by atoms with E-state index < -0.39 is 30.2 Å². The summed E-state index contributed by atoms with van der Waals surface area (Å²) in [6, 6.07) is 6.62. The molecule has 1 aliphatic rings. The van der Waals surface area contributed by atoms with Crippen LogP contribution >= 0.6 is 27.3 Å². The maximum absolute atomic E-state index is 14.2. The molecule has 10 heteroatoms. The smallest absolute Gasteiger partial charge is 0.418 e. The fraction of sp³-hybridized carbons (Fsp3) is 0.381. The quantitative estimate of drug-likeness (QED) is 0.504. The Morgan fingerprint density at radius 2 is 1.97 bits per heavy atom. The fourth-order valence-corrected chi connectivity index (χ4v) is 5.45. The van der Waals surface area contributed by atoms with Crippen LogP contribution in [0.4, 0.5) is 13.2 Å². The molecule has 4 rings (SSSR count). The van der Waals surface area contributed by atoms with Crippen molar-refractivity contribution in [2.45, 2.75) is 44.0 Å². The molecule has 2 aromatic heterocycles. The Bertz CT molecular complexity index is 1200. The molecule has 1 atom stereocenters. The molecule has 0 bridgehead atoms. The zero-order chi connectivity index (χ0) is 22.6. The van der Waals surface area contributed by atoms with Crippen molar-refractivity contribution in [2.75, 3.05) is 6.79 Å². The predicted octanol–water partition coefficient (Wildman–Crippen LogP) is 5.22. The van der Waals surface area contributed by atoms with E-state index in [1.807, 2.05) is 0 Å². The lowest BCUT2D eigenvalue weighted by Gasteiger charge is -2.38. The second-order valence-electron chi connectivity index (χ2n) is 8.20. The summed E-state index contributed by atoms with van der Waals surface area (Å²) in [6.07, 6.45) is -4.26. The predicted molar refractivity (Wildman–Crippen MR) is 115 cm³/mol. The molecule has 0 saturated heterocycles. The molecule has 0 saturated carbocycles. The lowest BCUT2D eigenvalue weighted by molar-refractivity contribution is -0.271. The van der Waals surface area contributed by atoms with Gasteiger partial charge < -0.3 is 19.1 Å². The van der Waals surface area contributed by atoms with E-state index >= 15 is 0 Å². The van der Waals surface area contributed by atoms with E-state index in [0.29, 0.717) is 27.3 Å². The SMILES string of the molecule is CC(C)(CC(O)(Cn1cc(Br)c(=O)c2sccc21)C(F)(F)F)c1cccc2c1OCO2. The fourth-order valence-electron chi connectivity index (χ4n) is 4.02. The van der Waals surface area contributed by atoms with Crippen molar-refractivity contribution >= 4 is 37.5 Å². The number of halogens is 4. The summed E-state index contributed by atoms with van der Waals surface area (Å²) >= 11 is 4.26. The molecule has 1 N–H and O–H groups in total. The van der Waals surface area contributed by atoms with Gasteiger partial charge in [-0.15, -0.1) is 11.3 Å². The molecular formula is C21H19BrF3NO4S. The summed E-state index contributed by atoms with van der Waals surface area (Å²) in [6.45, 7) is 2.48. The molecule has 3 heterocycles. The van der Waals surface area contributed by atoms with Crippen molar-refractivity contribution in [1.29, 1.82) is 0 Å². The zero-order valence-electron chi connectivity index (χ0n) is 16.6. The highest BCUT2D eigenvalue weighted by Gasteiger charge is 2.56. The van der Waals surface area contributed by atoms with Crippen LogP contribution in [0.25, 0.3) is 10.2 Å². The van der Waals surface area contributed by atoms with Crippen molar-refractivity contribution in [2.24, 2.45) is 0 Å². The summed E-state index contributed by atoms with van der Waals surface area (Å²) in [5.74, 6) is 0.855. The molecule has 0 aliphatic carbocycles. The number of aromatic nitrogens is 1. The summed E-state index contributed by atoms with van der Waals surface area (Å²) in [7, 11) is 0. The Kier molecular flexibility index (Phi) is 5.38. The summed E-state index contributed by atoms with van der Waals surface area (Å²) < 4.78 is 55.2. The number of hydrogen-bond donors (Lipinski definition) is 1. The van der Waals surface area contributed by atoms with Crippen LogP contribution in [0.3, 0.4) is 0 Å². The normalized spacial score (nSPS) is 16.0. The molecule has 0 radical (unpaired) electrons. The van der Waals surface area contributed by atoms with Crippen LogP contribution < -0.4 is 14.9 Å². The molecule has 1 aliphatic heterocycles. The number of hydrogen-bond acceptors (Lipinski definition) is 5. The number of aliphatic hydroxyl groups is 1. The van der Waals surface area contributed by atoms with Crippen LogP contribution in [-0.2, 0) is 12.0 Å². The first kappa shape index (κ1) is 22.2. The average Bonchev–Trinajstić information content (AvgIpc) is 3.33. The molecule has 0 amide bonds. The van der Waals surface area contributed by atoms with Gasteiger partial charge in [0.05, 0.1) is 21.2 Å². The molecule has 1 aromatic carbocycles. The standard InChI is InChI=1S/C21H19BrF3NO4S/c1-19(2,12-4-3-5-15-17(12)30-11-29-15)9-20(28,21(23,24)25)10-26-8-13(22)16(27)18-14(26)6-7-31-18/h3-8,28H,9-11H2,1-2H3. The average molecular weight is 518 g/mol. The van der Waals surface area contributed by atoms with Crippen molar-refractivity contribution < 1.29 is 27.8 Å². The second-order valence-corrected chi connectivity index (χ2v) is 9.97. The van der Waals surface area contributed by atoms with Gasteiger partial charge in [-0.2, -0.15) is 13.2 Å². The largest absolute Gasteiger partial charge is 0.454 e. The maximum atomic E-state index is 14.2. The van der Waals surface area contributed by atoms with Gasteiger partial charge in [0, 0.05) is 11.8 Å². The molecule has 166 valence electrons. The van der Waals surface area contributed by atoms with Crippen molar-refractivity contribution in [3.8, 4) is 11.5 Å². The third-order valence-corrected chi connectivity index (χ3v) is 6.93. The minimum absolute atomic E-state index is 0.00642. The highest BCUT2D eigenvalue weighted by atomic mass is 79.9. The molecule has 0 fully saturated rings. The summed E-state index contributed by atoms with van der Waals surface area (Å²) in [5, 5.41) is 12.6. The van der Waals surface area contributed by atoms with E-state index in [1.54, 1.807) is 43.5 Å². The molecule has 1 unspecified atom stereocenters. The molecule has 3 aromatic rings. The van der Waals surface area contributed by atoms with Crippen LogP contribution in [-0.4, -0.2) is 28.2 Å². The van der Waals surface area contributed by atoms with Gasteiger partial charge in [0.25, 0.3) is 0 Å². The van der Waals surface area contributed by atoms with Crippen LogP contribution in [0, 0.1) is 0 Å². The van der Waals surface area contributed by atoms with Gasteiger partial charge in [-0.05, 0) is 45.3 Å². The number of fused-ring (bicyclic) bond motifs is 2. The number of para-hydroxylation sites is 1. The lowest BCUT2D eigenvalue weighted by atomic mass is 9.74. The van der Waals surface area contributed by atoms with Crippen molar-refractivity contribution in [3.63, 3.8) is 0 Å². The number of nitrogens with zero attached hydrogens (tertiary/aromatic N) is 1. The van der Waals surface area contributed by atoms with E-state index in [2.05, 4.69) is 15.9 Å². The van der Waals surface area contributed by atoms with Crippen LogP contribution in [0.2, 0.25) is 0 Å². The number of ether oxygens (including phenoxy) is 2. The Morgan fingerprint density at radius 1 is 1.23 bits per heavy atom. The second kappa shape index (κ2) is 7.53. The summed E-state index contributed by atoms with van der Waals surface area (Å²) in [5.41, 5.74) is -3.60. The van der Waals surface area contributed by atoms with Crippen LogP contribution in [0.15, 0.2) is 45.1 Å². The third-order valence-electron chi connectivity index (χ3n) is 5.47. The van der Waals surface area contributed by atoms with E-state index in [0.717, 1.165) is 11.3 Å². The summed E-state index contributed by atoms with van der Waals surface area (Å²) in [4.78, 5) is 12.3. The molecular weight excluding hydrogens is 499 g/mol. The van der Waals surface area contributed by atoms with E-state index in [4.69, 9.17) is 9.47 Å². The molecule has 31 heavy (non-hydrogen) atoms. The van der Waals surface area contributed by atoms with Crippen LogP contribution in [0.5, 0.6) is 11.5 Å². The topological polar surface area (TPSA) is 60.7 Å². The minimum Gasteiger partial charge on any atom is -0.454 e. The van der Waals surface area contributed by atoms with Gasteiger partial charge >= 0.3 is 6.18 Å². The van der Waals surface area contributed by atoms with E-state index in [9.17, 15) is 23.1 Å². The Balaban J connectivity index is 1.76. The Labute approximate surface area is 188 Å². The van der Waals surface area contributed by atoms with Gasteiger partial charge in [-0.3, -0.25) is 4.79 Å². The minimum atomic E-state index is -4.92. The first-order valence-corrected chi connectivity index (χ1v) is 11.0. The highest BCUT2D eigenvalue weighted by Crippen LogP contribution is 2.47. The number of benzene rings is 1. The van der Waals surface area contributed by atoms with Crippen molar-refractivity contribution in [1.82, 2.24) is 4.57 Å². The van der Waals surface area contributed by atoms with E-state index in [-0.39, 0.29) is 16.7 Å². The number of alkyl halides is 3. The first-order valence-electron chi connectivity index (χ1n) is 9.37. The monoisotopic (exact) mass is 517 g/mol. The maximum Gasteiger partial charge on any atom is 0.418 e. The van der Waals surface area contributed by atoms with Crippen molar-refractivity contribution in [3.05, 3.63) is 56.1 Å². The van der Waals surface area contributed by atoms with Gasteiger partial charge in [0.1, 0.15) is 0 Å². The Morgan fingerprint density at radius 3 is 2.68 bits per heavy atom. The highest BCUT2D eigenvalue weighted by molar-refractivity contribution is 9.10. The van der Waals surface area contributed by atoms with Gasteiger partial charge in [0.2, 0.25) is 12.2 Å². The zero-order valence-corrected chi connectivity index (χ0v) is 19.0. The number of pyridine rings is 1.